The number of ether oxygens (including phenoxy) is 2. The van der Waals surface area contributed by atoms with E-state index in [4.69, 9.17) is 32.7 Å². The third kappa shape index (κ3) is 8.61. The average molecular weight is 516 g/mol. The Labute approximate surface area is 183 Å². The Balaban J connectivity index is 0.00000338. The zero-order valence-electron chi connectivity index (χ0n) is 15.1. The summed E-state index contributed by atoms with van der Waals surface area (Å²) in [5.74, 6) is 0.766. The summed E-state index contributed by atoms with van der Waals surface area (Å²) in [4.78, 5) is 4.21. The van der Waals surface area contributed by atoms with Crippen LogP contribution in [0.25, 0.3) is 0 Å². The van der Waals surface area contributed by atoms with Crippen molar-refractivity contribution in [2.24, 2.45) is 4.99 Å². The Kier molecular flexibility index (Phi) is 12.6. The molecule has 1 fully saturated rings. The van der Waals surface area contributed by atoms with Crippen LogP contribution in [0.4, 0.5) is 0 Å². The number of rotatable bonds is 9. The lowest BCUT2D eigenvalue weighted by Crippen LogP contribution is -2.39. The standard InChI is InChI=1S/C18H27Cl2N3O2.HI/c1-21-18(22-9-4-11-24-13-14-5-3-12-25-14)23-10-8-15-16(19)6-2-7-17(15)20;/h2,6-7,14H,3-5,8-13H2,1H3,(H2,21,22,23);1H. The summed E-state index contributed by atoms with van der Waals surface area (Å²) in [7, 11) is 1.76. The van der Waals surface area contributed by atoms with Crippen LogP contribution >= 0.6 is 47.2 Å². The first-order chi connectivity index (χ1) is 12.2. The van der Waals surface area contributed by atoms with E-state index in [0.29, 0.717) is 29.3 Å². The largest absolute Gasteiger partial charge is 0.379 e. The summed E-state index contributed by atoms with van der Waals surface area (Å²) >= 11 is 12.4. The minimum Gasteiger partial charge on any atom is -0.379 e. The molecule has 1 saturated heterocycles. The van der Waals surface area contributed by atoms with E-state index in [1.807, 2.05) is 18.2 Å². The zero-order chi connectivity index (χ0) is 17.9. The van der Waals surface area contributed by atoms with Crippen molar-refractivity contribution < 1.29 is 9.47 Å². The topological polar surface area (TPSA) is 54.9 Å². The fraction of sp³-hybridized carbons (Fsp3) is 0.611. The van der Waals surface area contributed by atoms with Crippen LogP contribution < -0.4 is 10.6 Å². The van der Waals surface area contributed by atoms with Crippen LogP contribution in [0.1, 0.15) is 24.8 Å². The first-order valence-electron chi connectivity index (χ1n) is 8.77. The monoisotopic (exact) mass is 515 g/mol. The Morgan fingerprint density at radius 1 is 1.27 bits per heavy atom. The lowest BCUT2D eigenvalue weighted by atomic mass is 10.1. The van der Waals surface area contributed by atoms with E-state index >= 15 is 0 Å². The van der Waals surface area contributed by atoms with Gasteiger partial charge in [0.1, 0.15) is 0 Å². The molecule has 26 heavy (non-hydrogen) atoms. The first-order valence-corrected chi connectivity index (χ1v) is 9.53. The summed E-state index contributed by atoms with van der Waals surface area (Å²) in [5, 5.41) is 7.93. The molecule has 1 aliphatic heterocycles. The lowest BCUT2D eigenvalue weighted by Gasteiger charge is -2.13. The maximum Gasteiger partial charge on any atom is 0.190 e. The fourth-order valence-corrected chi connectivity index (χ4v) is 3.26. The molecule has 0 aromatic heterocycles. The van der Waals surface area contributed by atoms with Gasteiger partial charge in [0.2, 0.25) is 0 Å². The van der Waals surface area contributed by atoms with Gasteiger partial charge in [-0.15, -0.1) is 24.0 Å². The van der Waals surface area contributed by atoms with E-state index in [-0.39, 0.29) is 24.0 Å². The Bertz CT molecular complexity index is 535. The van der Waals surface area contributed by atoms with Gasteiger partial charge in [0.25, 0.3) is 0 Å². The third-order valence-electron chi connectivity index (χ3n) is 4.04. The van der Waals surface area contributed by atoms with Gasteiger partial charge in [-0.2, -0.15) is 0 Å². The zero-order valence-corrected chi connectivity index (χ0v) is 18.9. The molecule has 1 atom stereocenters. The van der Waals surface area contributed by atoms with E-state index in [0.717, 1.165) is 57.0 Å². The normalized spacial score (nSPS) is 17.0. The SMILES string of the molecule is CN=C(NCCCOCC1CCCO1)NCCc1c(Cl)cccc1Cl.I. The van der Waals surface area contributed by atoms with Crippen LogP contribution in [-0.2, 0) is 15.9 Å². The molecular formula is C18H28Cl2IN3O2. The van der Waals surface area contributed by atoms with E-state index in [9.17, 15) is 0 Å². The molecule has 2 rings (SSSR count). The van der Waals surface area contributed by atoms with Gasteiger partial charge in [-0.3, -0.25) is 4.99 Å². The fourth-order valence-electron chi connectivity index (χ4n) is 2.67. The van der Waals surface area contributed by atoms with Crippen LogP contribution in [0.5, 0.6) is 0 Å². The summed E-state index contributed by atoms with van der Waals surface area (Å²) in [6, 6.07) is 5.56. The molecular weight excluding hydrogens is 488 g/mol. The van der Waals surface area contributed by atoms with E-state index in [2.05, 4.69) is 15.6 Å². The number of hydrogen-bond donors (Lipinski definition) is 2. The van der Waals surface area contributed by atoms with Crippen LogP contribution in [0.3, 0.4) is 0 Å². The van der Waals surface area contributed by atoms with Crippen LogP contribution in [0.15, 0.2) is 23.2 Å². The maximum atomic E-state index is 6.18. The van der Waals surface area contributed by atoms with Gasteiger partial charge >= 0.3 is 0 Å². The summed E-state index contributed by atoms with van der Waals surface area (Å²) < 4.78 is 11.2. The quantitative estimate of drug-likeness (QED) is 0.226. The van der Waals surface area contributed by atoms with Crippen molar-refractivity contribution >= 4 is 53.1 Å². The molecule has 0 radical (unpaired) electrons. The van der Waals surface area contributed by atoms with Crippen molar-refractivity contribution in [3.05, 3.63) is 33.8 Å². The average Bonchev–Trinajstić information content (AvgIpc) is 3.12. The number of nitrogens with one attached hydrogen (secondary N) is 2. The molecule has 8 heteroatoms. The predicted molar refractivity (Wildman–Crippen MR) is 119 cm³/mol. The lowest BCUT2D eigenvalue weighted by molar-refractivity contribution is 0.0168. The van der Waals surface area contributed by atoms with Gasteiger partial charge in [0, 0.05) is 43.4 Å². The van der Waals surface area contributed by atoms with Crippen molar-refractivity contribution in [1.82, 2.24) is 10.6 Å². The molecule has 2 N–H and O–H groups in total. The molecule has 1 aromatic carbocycles. The molecule has 0 amide bonds. The molecule has 0 saturated carbocycles. The van der Waals surface area contributed by atoms with Crippen molar-refractivity contribution in [1.29, 1.82) is 0 Å². The molecule has 148 valence electrons. The van der Waals surface area contributed by atoms with Crippen molar-refractivity contribution in [2.45, 2.75) is 31.8 Å². The number of guanidine groups is 1. The van der Waals surface area contributed by atoms with E-state index in [1.165, 1.54) is 0 Å². The second kappa shape index (κ2) is 13.8. The number of benzene rings is 1. The molecule has 1 aromatic rings. The number of aliphatic imine (C=N–C) groups is 1. The molecule has 0 spiro atoms. The summed E-state index contributed by atoms with van der Waals surface area (Å²) in [5.41, 5.74) is 0.955. The van der Waals surface area contributed by atoms with E-state index in [1.54, 1.807) is 7.05 Å². The summed E-state index contributed by atoms with van der Waals surface area (Å²) in [6.07, 6.45) is 4.22. The smallest absolute Gasteiger partial charge is 0.190 e. The number of halogens is 3. The highest BCUT2D eigenvalue weighted by Gasteiger charge is 2.14. The highest BCUT2D eigenvalue weighted by atomic mass is 127. The molecule has 5 nitrogen and oxygen atoms in total. The van der Waals surface area contributed by atoms with Gasteiger partial charge in [-0.05, 0) is 43.4 Å². The molecule has 1 unspecified atom stereocenters. The van der Waals surface area contributed by atoms with Gasteiger partial charge in [0.15, 0.2) is 5.96 Å². The van der Waals surface area contributed by atoms with Gasteiger partial charge in [-0.25, -0.2) is 0 Å². The molecule has 0 aliphatic carbocycles. The molecule has 0 bridgehead atoms. The molecule has 1 heterocycles. The minimum absolute atomic E-state index is 0. The Morgan fingerprint density at radius 2 is 2.00 bits per heavy atom. The van der Waals surface area contributed by atoms with Gasteiger partial charge in [0.05, 0.1) is 12.7 Å². The third-order valence-corrected chi connectivity index (χ3v) is 4.75. The Hall–Kier alpha value is -0.280. The number of nitrogens with zero attached hydrogens (tertiary/aromatic N) is 1. The van der Waals surface area contributed by atoms with Crippen LogP contribution in [0, 0.1) is 0 Å². The maximum absolute atomic E-state index is 6.18. The van der Waals surface area contributed by atoms with Crippen molar-refractivity contribution in [3.8, 4) is 0 Å². The van der Waals surface area contributed by atoms with Crippen LogP contribution in [-0.4, -0.2) is 52.0 Å². The van der Waals surface area contributed by atoms with E-state index < -0.39 is 0 Å². The second-order valence-electron chi connectivity index (χ2n) is 5.94. The highest BCUT2D eigenvalue weighted by molar-refractivity contribution is 14.0. The summed E-state index contributed by atoms with van der Waals surface area (Å²) in [6.45, 7) is 3.80. The van der Waals surface area contributed by atoms with Crippen molar-refractivity contribution in [3.63, 3.8) is 0 Å². The predicted octanol–water partition coefficient (Wildman–Crippen LogP) is 3.90. The highest BCUT2D eigenvalue weighted by Crippen LogP contribution is 2.24. The van der Waals surface area contributed by atoms with Crippen LogP contribution in [0.2, 0.25) is 10.0 Å². The Morgan fingerprint density at radius 3 is 2.65 bits per heavy atom. The second-order valence-corrected chi connectivity index (χ2v) is 6.75. The van der Waals surface area contributed by atoms with Gasteiger partial charge in [-0.1, -0.05) is 29.3 Å². The minimum atomic E-state index is 0. The first kappa shape index (κ1) is 23.8. The van der Waals surface area contributed by atoms with Crippen molar-refractivity contribution in [2.75, 3.05) is 40.0 Å². The van der Waals surface area contributed by atoms with Gasteiger partial charge < -0.3 is 20.1 Å². The number of hydrogen-bond acceptors (Lipinski definition) is 3. The molecule has 1 aliphatic rings.